The van der Waals surface area contributed by atoms with Crippen LogP contribution >= 0.6 is 0 Å². The fourth-order valence-electron chi connectivity index (χ4n) is 2.24. The van der Waals surface area contributed by atoms with Gasteiger partial charge in [0.15, 0.2) is 0 Å². The van der Waals surface area contributed by atoms with Crippen molar-refractivity contribution in [1.29, 1.82) is 0 Å². The van der Waals surface area contributed by atoms with Crippen molar-refractivity contribution in [2.45, 2.75) is 19.4 Å². The molecule has 2 aromatic rings. The van der Waals surface area contributed by atoms with Crippen molar-refractivity contribution in [3.8, 4) is 0 Å². The first-order chi connectivity index (χ1) is 8.59. The molecule has 1 atom stereocenters. The van der Waals surface area contributed by atoms with E-state index in [1.165, 1.54) is 0 Å². The van der Waals surface area contributed by atoms with E-state index < -0.39 is 5.60 Å². The second-order valence-electron chi connectivity index (χ2n) is 4.92. The van der Waals surface area contributed by atoms with Crippen LogP contribution < -0.4 is 0 Å². The van der Waals surface area contributed by atoms with Gasteiger partial charge in [0.05, 0.1) is 6.61 Å². The quantitative estimate of drug-likeness (QED) is 0.900. The van der Waals surface area contributed by atoms with Crippen LogP contribution in [0.25, 0.3) is 10.8 Å². The van der Waals surface area contributed by atoms with Gasteiger partial charge in [-0.3, -0.25) is 4.98 Å². The number of nitrogens with zero attached hydrogens (tertiary/aromatic N) is 1. The van der Waals surface area contributed by atoms with Crippen LogP contribution in [0.15, 0.2) is 36.7 Å². The molecule has 3 heteroatoms. The summed E-state index contributed by atoms with van der Waals surface area (Å²) in [5.41, 5.74) is -0.180. The van der Waals surface area contributed by atoms with Crippen LogP contribution in [0.4, 0.5) is 0 Å². The van der Waals surface area contributed by atoms with Gasteiger partial charge < -0.3 is 9.84 Å². The minimum Gasteiger partial charge on any atom is -0.382 e. The summed E-state index contributed by atoms with van der Waals surface area (Å²) in [6, 6.07) is 7.95. The molecule has 1 unspecified atom stereocenters. The molecule has 2 rings (SSSR count). The second-order valence-corrected chi connectivity index (χ2v) is 4.92. The predicted molar refractivity (Wildman–Crippen MR) is 72.4 cm³/mol. The van der Waals surface area contributed by atoms with E-state index in [0.29, 0.717) is 0 Å². The molecule has 0 aliphatic rings. The summed E-state index contributed by atoms with van der Waals surface area (Å²) >= 11 is 0. The molecule has 0 spiro atoms. The molecule has 18 heavy (non-hydrogen) atoms. The fraction of sp³-hybridized carbons (Fsp3) is 0.400. The van der Waals surface area contributed by atoms with Gasteiger partial charge >= 0.3 is 0 Å². The molecule has 1 N–H and O–H groups in total. The van der Waals surface area contributed by atoms with E-state index in [1.807, 2.05) is 44.3 Å². The van der Waals surface area contributed by atoms with Crippen molar-refractivity contribution in [3.63, 3.8) is 0 Å². The molecule has 0 radical (unpaired) electrons. The van der Waals surface area contributed by atoms with Crippen LogP contribution in [-0.2, 0) is 10.3 Å². The van der Waals surface area contributed by atoms with Crippen LogP contribution in [0.2, 0.25) is 0 Å². The first-order valence-corrected chi connectivity index (χ1v) is 6.14. The lowest BCUT2D eigenvalue weighted by molar-refractivity contribution is -0.0691. The Hall–Kier alpha value is -1.45. The molecule has 0 aliphatic carbocycles. The molecule has 0 saturated carbocycles. The number of aromatic nitrogens is 1. The lowest BCUT2D eigenvalue weighted by atomic mass is 9.82. The lowest BCUT2D eigenvalue weighted by Crippen LogP contribution is -2.37. The average molecular weight is 245 g/mol. The van der Waals surface area contributed by atoms with E-state index in [2.05, 4.69) is 4.98 Å². The van der Waals surface area contributed by atoms with E-state index >= 15 is 0 Å². The minimum atomic E-state index is -1.01. The maximum absolute atomic E-state index is 10.9. The third-order valence-corrected chi connectivity index (χ3v) is 3.45. The Morgan fingerprint density at radius 3 is 2.67 bits per heavy atom. The Labute approximate surface area is 107 Å². The second kappa shape index (κ2) is 5.04. The van der Waals surface area contributed by atoms with E-state index in [1.54, 1.807) is 13.3 Å². The number of aliphatic hydroxyl groups is 1. The molecule has 0 fully saturated rings. The van der Waals surface area contributed by atoms with Gasteiger partial charge in [-0.15, -0.1) is 0 Å². The highest BCUT2D eigenvalue weighted by atomic mass is 16.5. The summed E-state index contributed by atoms with van der Waals surface area (Å²) in [5.74, 6) is 0.0463. The predicted octanol–water partition coefficient (Wildman–Crippen LogP) is 2.72. The van der Waals surface area contributed by atoms with Gasteiger partial charge in [-0.2, -0.15) is 0 Å². The normalized spacial score (nSPS) is 14.9. The van der Waals surface area contributed by atoms with Crippen LogP contribution in [-0.4, -0.2) is 23.8 Å². The van der Waals surface area contributed by atoms with E-state index in [4.69, 9.17) is 4.74 Å². The van der Waals surface area contributed by atoms with E-state index in [9.17, 15) is 5.11 Å². The highest BCUT2D eigenvalue weighted by Gasteiger charge is 2.34. The zero-order chi connectivity index (χ0) is 13.2. The zero-order valence-electron chi connectivity index (χ0n) is 11.1. The van der Waals surface area contributed by atoms with Gasteiger partial charge in [-0.05, 0) is 11.3 Å². The Kier molecular flexibility index (Phi) is 3.64. The SMILES string of the molecule is COCC(O)(c1cncc2ccccc12)C(C)C. The van der Waals surface area contributed by atoms with Gasteiger partial charge in [-0.1, -0.05) is 38.1 Å². The molecular formula is C15H19NO2. The summed E-state index contributed by atoms with van der Waals surface area (Å²) in [7, 11) is 1.60. The van der Waals surface area contributed by atoms with Gasteiger partial charge in [-0.25, -0.2) is 0 Å². The summed E-state index contributed by atoms with van der Waals surface area (Å²) in [5, 5.41) is 13.0. The third kappa shape index (κ3) is 2.11. The van der Waals surface area contributed by atoms with Gasteiger partial charge in [0.1, 0.15) is 5.60 Å². The Morgan fingerprint density at radius 1 is 1.28 bits per heavy atom. The number of benzene rings is 1. The smallest absolute Gasteiger partial charge is 0.117 e. The molecule has 0 saturated heterocycles. The van der Waals surface area contributed by atoms with Crippen molar-refractivity contribution in [3.05, 3.63) is 42.2 Å². The molecular weight excluding hydrogens is 226 g/mol. The fourth-order valence-corrected chi connectivity index (χ4v) is 2.24. The number of fused-ring (bicyclic) bond motifs is 1. The van der Waals surface area contributed by atoms with Crippen LogP contribution in [0.1, 0.15) is 19.4 Å². The topological polar surface area (TPSA) is 42.4 Å². The minimum absolute atomic E-state index is 0.0463. The average Bonchev–Trinajstić information content (AvgIpc) is 2.38. The lowest BCUT2D eigenvalue weighted by Gasteiger charge is -2.32. The van der Waals surface area contributed by atoms with Crippen molar-refractivity contribution in [1.82, 2.24) is 4.98 Å². The first kappa shape index (κ1) is 13.0. The molecule has 0 bridgehead atoms. The van der Waals surface area contributed by atoms with Crippen molar-refractivity contribution < 1.29 is 9.84 Å². The summed E-state index contributed by atoms with van der Waals surface area (Å²) in [6.45, 7) is 4.24. The number of hydrogen-bond donors (Lipinski definition) is 1. The number of hydrogen-bond acceptors (Lipinski definition) is 3. The number of ether oxygens (including phenoxy) is 1. The van der Waals surface area contributed by atoms with Crippen LogP contribution in [0.3, 0.4) is 0 Å². The Morgan fingerprint density at radius 2 is 2.00 bits per heavy atom. The number of rotatable bonds is 4. The Bertz CT molecular complexity index is 534. The molecule has 3 nitrogen and oxygen atoms in total. The van der Waals surface area contributed by atoms with E-state index in [0.717, 1.165) is 16.3 Å². The van der Waals surface area contributed by atoms with Crippen LogP contribution in [0.5, 0.6) is 0 Å². The van der Waals surface area contributed by atoms with Crippen molar-refractivity contribution >= 4 is 10.8 Å². The summed E-state index contributed by atoms with van der Waals surface area (Å²) in [4.78, 5) is 4.23. The Balaban J connectivity index is 2.64. The zero-order valence-corrected chi connectivity index (χ0v) is 11.1. The first-order valence-electron chi connectivity index (χ1n) is 6.14. The van der Waals surface area contributed by atoms with Gasteiger partial charge in [0.25, 0.3) is 0 Å². The highest BCUT2D eigenvalue weighted by Crippen LogP contribution is 2.34. The molecule has 1 heterocycles. The summed E-state index contributed by atoms with van der Waals surface area (Å²) in [6.07, 6.45) is 3.55. The molecule has 1 aromatic carbocycles. The van der Waals surface area contributed by atoms with Gasteiger partial charge in [0, 0.05) is 30.5 Å². The third-order valence-electron chi connectivity index (χ3n) is 3.45. The molecule has 96 valence electrons. The highest BCUT2D eigenvalue weighted by molar-refractivity contribution is 5.85. The molecule has 0 amide bonds. The van der Waals surface area contributed by atoms with E-state index in [-0.39, 0.29) is 12.5 Å². The maximum Gasteiger partial charge on any atom is 0.117 e. The number of pyridine rings is 1. The molecule has 0 aliphatic heterocycles. The number of methoxy groups -OCH3 is 1. The van der Waals surface area contributed by atoms with Crippen molar-refractivity contribution in [2.24, 2.45) is 5.92 Å². The monoisotopic (exact) mass is 245 g/mol. The van der Waals surface area contributed by atoms with Crippen molar-refractivity contribution in [2.75, 3.05) is 13.7 Å². The maximum atomic E-state index is 10.9. The summed E-state index contributed by atoms with van der Waals surface area (Å²) < 4.78 is 5.19. The van der Waals surface area contributed by atoms with Crippen LogP contribution in [0, 0.1) is 5.92 Å². The van der Waals surface area contributed by atoms with Gasteiger partial charge in [0.2, 0.25) is 0 Å². The largest absolute Gasteiger partial charge is 0.382 e. The standard InChI is InChI=1S/C15H19NO2/c1-11(2)15(17,10-18-3)14-9-16-8-12-6-4-5-7-13(12)14/h4-9,11,17H,10H2,1-3H3. The molecule has 1 aromatic heterocycles.